The lowest BCUT2D eigenvalue weighted by atomic mass is 10.0. The van der Waals surface area contributed by atoms with Gasteiger partial charge in [0.1, 0.15) is 0 Å². The number of piperidine rings is 1. The summed E-state index contributed by atoms with van der Waals surface area (Å²) < 4.78 is 0. The lowest BCUT2D eigenvalue weighted by molar-refractivity contribution is -0.136. The van der Waals surface area contributed by atoms with Crippen molar-refractivity contribution in [3.05, 3.63) is 53.6 Å². The minimum Gasteiger partial charge on any atom is -0.331 e. The highest BCUT2D eigenvalue weighted by atomic mass is 16.2. The molecule has 30 heavy (non-hydrogen) atoms. The van der Waals surface area contributed by atoms with Crippen molar-refractivity contribution < 1.29 is 9.59 Å². The Balaban J connectivity index is 1.48. The number of likely N-dealkylation sites (tertiary alicyclic amines) is 2. The topological polar surface area (TPSA) is 78.4 Å². The monoisotopic (exact) mass is 407 g/mol. The van der Waals surface area contributed by atoms with E-state index in [0.717, 1.165) is 44.6 Å². The van der Waals surface area contributed by atoms with Crippen molar-refractivity contribution in [3.63, 3.8) is 0 Å². The third-order valence-corrected chi connectivity index (χ3v) is 5.95. The van der Waals surface area contributed by atoms with E-state index in [1.165, 1.54) is 12.8 Å². The van der Waals surface area contributed by atoms with Crippen molar-refractivity contribution in [1.82, 2.24) is 19.8 Å². The van der Waals surface area contributed by atoms with Gasteiger partial charge < -0.3 is 10.2 Å². The van der Waals surface area contributed by atoms with Crippen molar-refractivity contribution in [1.29, 1.82) is 0 Å². The number of nitrogens with one attached hydrogen (secondary N) is 1. The quantitative estimate of drug-likeness (QED) is 0.824. The van der Waals surface area contributed by atoms with Gasteiger partial charge in [-0.3, -0.25) is 14.5 Å². The van der Waals surface area contributed by atoms with E-state index in [4.69, 9.17) is 0 Å². The molecule has 0 saturated carbocycles. The molecule has 7 heteroatoms. The zero-order valence-corrected chi connectivity index (χ0v) is 17.5. The molecule has 2 aliphatic heterocycles. The largest absolute Gasteiger partial charge is 0.331 e. The molecular formula is C23H29N5O2. The molecule has 158 valence electrons. The smallest absolute Gasteiger partial charge is 0.259 e. The van der Waals surface area contributed by atoms with Crippen LogP contribution in [0, 0.1) is 6.92 Å². The number of aryl methyl sites for hydroxylation is 1. The first kappa shape index (κ1) is 20.5. The molecule has 1 aromatic carbocycles. The fraction of sp³-hybridized carbons (Fsp3) is 0.478. The third-order valence-electron chi connectivity index (χ3n) is 5.95. The SMILES string of the molecule is Cc1nc([C@@H]2CCCCN2C(=O)CN2CCCC2)ncc1C(=O)Nc1ccccc1. The van der Waals surface area contributed by atoms with Crippen molar-refractivity contribution >= 4 is 17.5 Å². The van der Waals surface area contributed by atoms with E-state index in [1.54, 1.807) is 6.20 Å². The number of para-hydroxylation sites is 1. The molecule has 2 aromatic rings. The van der Waals surface area contributed by atoms with Crippen LogP contribution >= 0.6 is 0 Å². The molecule has 2 amide bonds. The van der Waals surface area contributed by atoms with Crippen LogP contribution in [0.5, 0.6) is 0 Å². The average Bonchev–Trinajstić information content (AvgIpc) is 3.27. The van der Waals surface area contributed by atoms with E-state index >= 15 is 0 Å². The second-order valence-corrected chi connectivity index (χ2v) is 8.13. The predicted molar refractivity (Wildman–Crippen MR) is 115 cm³/mol. The third kappa shape index (κ3) is 4.67. The first-order chi connectivity index (χ1) is 14.6. The highest BCUT2D eigenvalue weighted by Gasteiger charge is 2.31. The average molecular weight is 408 g/mol. The summed E-state index contributed by atoms with van der Waals surface area (Å²) in [7, 11) is 0. The summed E-state index contributed by atoms with van der Waals surface area (Å²) in [6.07, 6.45) is 6.86. The lowest BCUT2D eigenvalue weighted by Gasteiger charge is -2.35. The minimum absolute atomic E-state index is 0.112. The number of anilines is 1. The molecule has 0 radical (unpaired) electrons. The maximum absolute atomic E-state index is 13.0. The lowest BCUT2D eigenvalue weighted by Crippen LogP contribution is -2.44. The number of carbonyl (C=O) groups is 2. The Labute approximate surface area is 177 Å². The molecule has 0 spiro atoms. The molecule has 2 fully saturated rings. The van der Waals surface area contributed by atoms with Gasteiger partial charge >= 0.3 is 0 Å². The van der Waals surface area contributed by atoms with E-state index in [1.807, 2.05) is 42.2 Å². The van der Waals surface area contributed by atoms with Gasteiger partial charge in [-0.2, -0.15) is 0 Å². The van der Waals surface area contributed by atoms with Gasteiger partial charge in [-0.25, -0.2) is 9.97 Å². The van der Waals surface area contributed by atoms with E-state index in [0.29, 0.717) is 23.6 Å². The molecule has 2 aliphatic rings. The molecule has 4 rings (SSSR count). The number of hydrogen-bond donors (Lipinski definition) is 1. The second-order valence-electron chi connectivity index (χ2n) is 8.13. The maximum Gasteiger partial charge on any atom is 0.259 e. The van der Waals surface area contributed by atoms with Crippen LogP contribution in [0.1, 0.15) is 60.0 Å². The maximum atomic E-state index is 13.0. The Morgan fingerprint density at radius 1 is 1.07 bits per heavy atom. The Kier molecular flexibility index (Phi) is 6.38. The summed E-state index contributed by atoms with van der Waals surface area (Å²) in [4.78, 5) is 38.9. The van der Waals surface area contributed by atoms with Crippen LogP contribution in [-0.4, -0.2) is 57.8 Å². The molecule has 0 bridgehead atoms. The molecule has 0 aliphatic carbocycles. The summed E-state index contributed by atoms with van der Waals surface area (Å²) in [5.41, 5.74) is 1.82. The standard InChI is InChI=1S/C23H29N5O2/c1-17-19(23(30)26-18-9-3-2-4-10-18)15-24-22(25-17)20-11-5-6-14-28(20)21(29)16-27-12-7-8-13-27/h2-4,9-10,15,20H,5-8,11-14,16H2,1H3,(H,26,30)/t20-/m0/s1. The first-order valence-corrected chi connectivity index (χ1v) is 10.8. The van der Waals surface area contributed by atoms with E-state index < -0.39 is 0 Å². The number of amides is 2. The molecule has 2 saturated heterocycles. The van der Waals surface area contributed by atoms with Crippen molar-refractivity contribution in [3.8, 4) is 0 Å². The summed E-state index contributed by atoms with van der Waals surface area (Å²) in [5.74, 6) is 0.572. The second kappa shape index (κ2) is 9.34. The highest BCUT2D eigenvalue weighted by molar-refractivity contribution is 6.04. The molecule has 3 heterocycles. The Morgan fingerprint density at radius 2 is 1.80 bits per heavy atom. The number of rotatable bonds is 5. The summed E-state index contributed by atoms with van der Waals surface area (Å²) >= 11 is 0. The van der Waals surface area contributed by atoms with Crippen molar-refractivity contribution in [2.24, 2.45) is 0 Å². The van der Waals surface area contributed by atoms with Crippen molar-refractivity contribution in [2.45, 2.75) is 45.1 Å². The van der Waals surface area contributed by atoms with Gasteiger partial charge in [0.2, 0.25) is 5.91 Å². The van der Waals surface area contributed by atoms with Gasteiger partial charge in [-0.1, -0.05) is 18.2 Å². The Bertz CT molecular complexity index is 896. The zero-order chi connectivity index (χ0) is 20.9. The van der Waals surface area contributed by atoms with Gasteiger partial charge in [-0.05, 0) is 64.3 Å². The van der Waals surface area contributed by atoms with Crippen LogP contribution in [0.2, 0.25) is 0 Å². The van der Waals surface area contributed by atoms with Gasteiger partial charge in [0.25, 0.3) is 5.91 Å². The summed E-state index contributed by atoms with van der Waals surface area (Å²) in [6.45, 7) is 5.06. The van der Waals surface area contributed by atoms with Gasteiger partial charge in [0, 0.05) is 18.4 Å². The van der Waals surface area contributed by atoms with E-state index in [-0.39, 0.29) is 17.9 Å². The number of aromatic nitrogens is 2. The van der Waals surface area contributed by atoms with Crippen LogP contribution < -0.4 is 5.32 Å². The normalized spacial score (nSPS) is 19.6. The fourth-order valence-electron chi connectivity index (χ4n) is 4.31. The minimum atomic E-state index is -0.226. The Hall–Kier alpha value is -2.80. The van der Waals surface area contributed by atoms with Crippen LogP contribution in [0.4, 0.5) is 5.69 Å². The molecule has 1 atom stereocenters. The fourth-order valence-corrected chi connectivity index (χ4v) is 4.31. The predicted octanol–water partition coefficient (Wildman–Crippen LogP) is 3.19. The van der Waals surface area contributed by atoms with Gasteiger partial charge in [-0.15, -0.1) is 0 Å². The molecular weight excluding hydrogens is 378 g/mol. The highest BCUT2D eigenvalue weighted by Crippen LogP contribution is 2.29. The van der Waals surface area contributed by atoms with E-state index in [2.05, 4.69) is 20.2 Å². The van der Waals surface area contributed by atoms with Crippen LogP contribution in [-0.2, 0) is 4.79 Å². The number of nitrogens with zero attached hydrogens (tertiary/aromatic N) is 4. The number of hydrogen-bond acceptors (Lipinski definition) is 5. The van der Waals surface area contributed by atoms with Crippen LogP contribution in [0.3, 0.4) is 0 Å². The van der Waals surface area contributed by atoms with Gasteiger partial charge in [0.15, 0.2) is 5.82 Å². The van der Waals surface area contributed by atoms with Gasteiger partial charge in [0.05, 0.1) is 23.8 Å². The molecule has 1 N–H and O–H groups in total. The molecule has 0 unspecified atom stereocenters. The number of benzene rings is 1. The molecule has 7 nitrogen and oxygen atoms in total. The summed E-state index contributed by atoms with van der Waals surface area (Å²) in [5, 5.41) is 2.88. The Morgan fingerprint density at radius 3 is 2.53 bits per heavy atom. The van der Waals surface area contributed by atoms with Crippen LogP contribution in [0.15, 0.2) is 36.5 Å². The first-order valence-electron chi connectivity index (χ1n) is 10.8. The molecule has 1 aromatic heterocycles. The zero-order valence-electron chi connectivity index (χ0n) is 17.5. The number of carbonyl (C=O) groups excluding carboxylic acids is 2. The van der Waals surface area contributed by atoms with E-state index in [9.17, 15) is 9.59 Å². The van der Waals surface area contributed by atoms with Crippen molar-refractivity contribution in [2.75, 3.05) is 31.5 Å². The summed E-state index contributed by atoms with van der Waals surface area (Å²) in [6, 6.07) is 9.22. The van der Waals surface area contributed by atoms with Crippen LogP contribution in [0.25, 0.3) is 0 Å².